The van der Waals surface area contributed by atoms with Crippen LogP contribution in [-0.4, -0.2) is 30.0 Å². The summed E-state index contributed by atoms with van der Waals surface area (Å²) >= 11 is 0. The van der Waals surface area contributed by atoms with E-state index in [1.807, 2.05) is 50.4 Å². The van der Waals surface area contributed by atoms with Crippen molar-refractivity contribution in [3.8, 4) is 0 Å². The molecular weight excluding hydrogens is 263 g/mol. The number of nitrogens with one attached hydrogen (secondary N) is 1. The Balaban J connectivity index is 1.97. The number of aliphatic hydroxyl groups is 1. The molecule has 0 bridgehead atoms. The second-order valence-corrected chi connectivity index (χ2v) is 6.20. The molecule has 1 unspecified atom stereocenters. The van der Waals surface area contributed by atoms with Crippen molar-refractivity contribution >= 4 is 19.2 Å². The molecule has 1 aromatic carbocycles. The van der Waals surface area contributed by atoms with Gasteiger partial charge in [0.2, 0.25) is 0 Å². The molecule has 2 N–H and O–H groups in total. The Labute approximate surface area is 127 Å². The lowest BCUT2D eigenvalue weighted by Crippen LogP contribution is -2.49. The van der Waals surface area contributed by atoms with E-state index >= 15 is 0 Å². The third kappa shape index (κ3) is 3.96. The molecule has 2 rings (SSSR count). The van der Waals surface area contributed by atoms with E-state index < -0.39 is 11.2 Å². The molecule has 1 aliphatic heterocycles. The Kier molecular flexibility index (Phi) is 4.54. The fourth-order valence-electron chi connectivity index (χ4n) is 1.67. The minimum Gasteiger partial charge on any atom is -0.427 e. The van der Waals surface area contributed by atoms with E-state index in [9.17, 15) is 5.11 Å². The van der Waals surface area contributed by atoms with Crippen molar-refractivity contribution in [2.75, 3.05) is 0 Å². The van der Waals surface area contributed by atoms with Gasteiger partial charge in [-0.15, -0.1) is 0 Å². The zero-order chi connectivity index (χ0) is 15.5. The monoisotopic (exact) mass is 285 g/mol. The van der Waals surface area contributed by atoms with Gasteiger partial charge < -0.3 is 15.1 Å². The Hall–Kier alpha value is -1.59. The molecule has 0 fully saturated rings. The standard InChI is InChI=1S/C16H22BN2O2/c1-15(2,20)16(3,4)21-17-13-8-6-12(7-9-13)14-18-10-5-11-19-14/h5-11,14,18,20H,1-4H3. The first-order valence-electron chi connectivity index (χ1n) is 7.07. The zero-order valence-electron chi connectivity index (χ0n) is 13.0. The maximum absolute atomic E-state index is 10.1. The summed E-state index contributed by atoms with van der Waals surface area (Å²) in [6, 6.07) is 7.98. The average Bonchev–Trinajstić information content (AvgIpc) is 2.45. The molecule has 0 aromatic heterocycles. The van der Waals surface area contributed by atoms with Crippen LogP contribution < -0.4 is 10.8 Å². The van der Waals surface area contributed by atoms with Gasteiger partial charge in [0, 0.05) is 6.21 Å². The van der Waals surface area contributed by atoms with Gasteiger partial charge >= 0.3 is 7.48 Å². The van der Waals surface area contributed by atoms with E-state index in [0.717, 1.165) is 11.0 Å². The third-order valence-corrected chi connectivity index (χ3v) is 3.89. The van der Waals surface area contributed by atoms with E-state index in [2.05, 4.69) is 10.3 Å². The molecule has 1 aliphatic rings. The summed E-state index contributed by atoms with van der Waals surface area (Å²) in [6.07, 6.45) is 5.51. The van der Waals surface area contributed by atoms with E-state index in [1.54, 1.807) is 27.5 Å². The number of nitrogens with zero attached hydrogens (tertiary/aromatic N) is 1. The van der Waals surface area contributed by atoms with Crippen molar-refractivity contribution in [1.82, 2.24) is 5.32 Å². The minimum atomic E-state index is -0.920. The van der Waals surface area contributed by atoms with Crippen molar-refractivity contribution in [3.05, 3.63) is 42.1 Å². The predicted molar refractivity (Wildman–Crippen MR) is 86.8 cm³/mol. The van der Waals surface area contributed by atoms with Gasteiger partial charge in [-0.1, -0.05) is 29.7 Å². The summed E-state index contributed by atoms with van der Waals surface area (Å²) in [6.45, 7) is 7.21. The van der Waals surface area contributed by atoms with Crippen LogP contribution in [0.15, 0.2) is 41.5 Å². The maximum atomic E-state index is 10.1. The van der Waals surface area contributed by atoms with Crippen molar-refractivity contribution in [3.63, 3.8) is 0 Å². The van der Waals surface area contributed by atoms with Gasteiger partial charge in [0.1, 0.15) is 6.17 Å². The van der Waals surface area contributed by atoms with Crippen molar-refractivity contribution in [2.24, 2.45) is 4.99 Å². The molecule has 0 saturated heterocycles. The van der Waals surface area contributed by atoms with Crippen LogP contribution in [0.25, 0.3) is 0 Å². The lowest BCUT2D eigenvalue weighted by molar-refractivity contribution is -0.0893. The predicted octanol–water partition coefficient (Wildman–Crippen LogP) is 1.68. The van der Waals surface area contributed by atoms with Crippen LogP contribution in [0.3, 0.4) is 0 Å². The topological polar surface area (TPSA) is 53.9 Å². The molecule has 5 heteroatoms. The normalized spacial score (nSPS) is 18.4. The summed E-state index contributed by atoms with van der Waals surface area (Å²) in [5, 5.41) is 13.2. The molecule has 1 radical (unpaired) electrons. The zero-order valence-corrected chi connectivity index (χ0v) is 13.0. The van der Waals surface area contributed by atoms with E-state index in [0.29, 0.717) is 0 Å². The Morgan fingerprint density at radius 1 is 1.19 bits per heavy atom. The lowest BCUT2D eigenvalue weighted by Gasteiger charge is -2.37. The van der Waals surface area contributed by atoms with Crippen LogP contribution in [0.1, 0.15) is 39.4 Å². The highest BCUT2D eigenvalue weighted by molar-refractivity contribution is 6.47. The van der Waals surface area contributed by atoms with Gasteiger partial charge in [-0.25, -0.2) is 0 Å². The summed E-state index contributed by atoms with van der Waals surface area (Å²) in [7, 11) is 1.68. The highest BCUT2D eigenvalue weighted by atomic mass is 16.5. The first-order valence-corrected chi connectivity index (χ1v) is 7.07. The van der Waals surface area contributed by atoms with E-state index in [4.69, 9.17) is 4.65 Å². The summed E-state index contributed by atoms with van der Waals surface area (Å²) in [5.41, 5.74) is 0.461. The number of allylic oxidation sites excluding steroid dienone is 1. The second-order valence-electron chi connectivity index (χ2n) is 6.20. The van der Waals surface area contributed by atoms with Crippen LogP contribution in [0, 0.1) is 0 Å². The van der Waals surface area contributed by atoms with Gasteiger partial charge in [0.05, 0.1) is 11.2 Å². The molecule has 4 nitrogen and oxygen atoms in total. The maximum Gasteiger partial charge on any atom is 0.330 e. The second kappa shape index (κ2) is 6.04. The smallest absolute Gasteiger partial charge is 0.330 e. The molecule has 0 spiro atoms. The van der Waals surface area contributed by atoms with Gasteiger partial charge in [0.15, 0.2) is 0 Å². The van der Waals surface area contributed by atoms with Gasteiger partial charge in [-0.05, 0) is 45.5 Å². The summed E-state index contributed by atoms with van der Waals surface area (Å²) in [4.78, 5) is 4.35. The van der Waals surface area contributed by atoms with E-state index in [-0.39, 0.29) is 6.17 Å². The van der Waals surface area contributed by atoms with Crippen LogP contribution in [-0.2, 0) is 4.65 Å². The van der Waals surface area contributed by atoms with Crippen LogP contribution in [0.5, 0.6) is 0 Å². The highest BCUT2D eigenvalue weighted by Gasteiger charge is 2.35. The fraction of sp³-hybridized carbons (Fsp3) is 0.438. The Bertz CT molecular complexity index is 530. The third-order valence-electron chi connectivity index (χ3n) is 3.89. The van der Waals surface area contributed by atoms with Crippen molar-refractivity contribution in [1.29, 1.82) is 0 Å². The molecule has 0 amide bonds. The van der Waals surface area contributed by atoms with Crippen LogP contribution in [0.2, 0.25) is 0 Å². The molecule has 0 saturated carbocycles. The first-order chi connectivity index (χ1) is 9.79. The quantitative estimate of drug-likeness (QED) is 0.809. The van der Waals surface area contributed by atoms with Crippen molar-refractivity contribution < 1.29 is 9.76 Å². The van der Waals surface area contributed by atoms with Crippen molar-refractivity contribution in [2.45, 2.75) is 45.1 Å². The molecule has 0 aliphatic carbocycles. The van der Waals surface area contributed by atoms with Gasteiger partial charge in [0.25, 0.3) is 0 Å². The lowest BCUT2D eigenvalue weighted by atomic mass is 9.82. The highest BCUT2D eigenvalue weighted by Crippen LogP contribution is 2.24. The molecule has 1 atom stereocenters. The largest absolute Gasteiger partial charge is 0.427 e. The average molecular weight is 285 g/mol. The molecule has 1 aromatic rings. The van der Waals surface area contributed by atoms with Crippen LogP contribution in [0.4, 0.5) is 0 Å². The molecular formula is C16H22BN2O2. The Morgan fingerprint density at radius 3 is 2.38 bits per heavy atom. The van der Waals surface area contributed by atoms with Crippen LogP contribution >= 0.6 is 0 Å². The molecule has 111 valence electrons. The summed E-state index contributed by atoms with van der Waals surface area (Å²) < 4.78 is 5.73. The number of hydrogen-bond donors (Lipinski definition) is 2. The fourth-order valence-corrected chi connectivity index (χ4v) is 1.67. The minimum absolute atomic E-state index is 0.0298. The SMILES string of the molecule is CC(C)(O)C(C)(C)O[B]c1ccc(C2N=CC=CN2)cc1. The number of benzene rings is 1. The molecule has 21 heavy (non-hydrogen) atoms. The number of hydrogen-bond acceptors (Lipinski definition) is 4. The molecule has 1 heterocycles. The first kappa shape index (κ1) is 15.8. The summed E-state index contributed by atoms with van der Waals surface area (Å²) in [5.74, 6) is 0. The number of rotatable bonds is 5. The Morgan fingerprint density at radius 2 is 1.86 bits per heavy atom. The van der Waals surface area contributed by atoms with E-state index in [1.165, 1.54) is 0 Å². The van der Waals surface area contributed by atoms with Gasteiger partial charge in [-0.3, -0.25) is 4.99 Å². The number of aliphatic imine (C=N–C) groups is 1. The van der Waals surface area contributed by atoms with Gasteiger partial charge in [-0.2, -0.15) is 0 Å².